The van der Waals surface area contributed by atoms with Gasteiger partial charge in [0.1, 0.15) is 0 Å². The van der Waals surface area contributed by atoms with E-state index in [1.54, 1.807) is 14.2 Å². The topological polar surface area (TPSA) is 58.6 Å². The molecule has 0 fully saturated rings. The third-order valence-electron chi connectivity index (χ3n) is 2.21. The van der Waals surface area contributed by atoms with Gasteiger partial charge in [-0.2, -0.15) is 0 Å². The van der Waals surface area contributed by atoms with E-state index in [1.165, 1.54) is 4.90 Å². The monoisotopic (exact) mass is 308 g/mol. The summed E-state index contributed by atoms with van der Waals surface area (Å²) < 4.78 is 4.81. The number of amides is 2. The van der Waals surface area contributed by atoms with Gasteiger partial charge in [0.05, 0.1) is 13.2 Å². The summed E-state index contributed by atoms with van der Waals surface area (Å²) >= 11 is 3.31. The van der Waals surface area contributed by atoms with Crippen LogP contribution in [0.2, 0.25) is 0 Å². The van der Waals surface area contributed by atoms with E-state index in [0.717, 1.165) is 18.2 Å². The smallest absolute Gasteiger partial charge is 0.239 e. The van der Waals surface area contributed by atoms with Crippen LogP contribution in [0.15, 0.2) is 0 Å². The van der Waals surface area contributed by atoms with E-state index < -0.39 is 0 Å². The summed E-state index contributed by atoms with van der Waals surface area (Å²) in [6.07, 6.45) is 2.31. The van der Waals surface area contributed by atoms with E-state index in [9.17, 15) is 9.59 Å². The van der Waals surface area contributed by atoms with Crippen LogP contribution < -0.4 is 5.32 Å². The van der Waals surface area contributed by atoms with Gasteiger partial charge in [0, 0.05) is 32.5 Å². The highest BCUT2D eigenvalue weighted by Crippen LogP contribution is 2.01. The summed E-state index contributed by atoms with van der Waals surface area (Å²) in [6, 6.07) is 0. The van der Waals surface area contributed by atoms with Crippen molar-refractivity contribution in [2.75, 3.05) is 39.2 Å². The molecular formula is C11H21BrN2O3. The van der Waals surface area contributed by atoms with Gasteiger partial charge in [-0.1, -0.05) is 15.9 Å². The molecule has 0 heterocycles. The zero-order valence-electron chi connectivity index (χ0n) is 10.5. The van der Waals surface area contributed by atoms with E-state index in [1.807, 2.05) is 0 Å². The van der Waals surface area contributed by atoms with Gasteiger partial charge in [0.25, 0.3) is 0 Å². The van der Waals surface area contributed by atoms with E-state index in [-0.39, 0.29) is 18.4 Å². The Morgan fingerprint density at radius 2 is 2.06 bits per heavy atom. The number of methoxy groups -OCH3 is 1. The molecule has 5 nitrogen and oxygen atoms in total. The highest BCUT2D eigenvalue weighted by molar-refractivity contribution is 9.09. The molecule has 0 aliphatic heterocycles. The summed E-state index contributed by atoms with van der Waals surface area (Å²) in [4.78, 5) is 24.4. The van der Waals surface area contributed by atoms with Gasteiger partial charge in [-0.05, 0) is 12.8 Å². The molecule has 0 aromatic carbocycles. The molecule has 0 bridgehead atoms. The number of nitrogens with zero attached hydrogens (tertiary/aromatic N) is 1. The first-order valence-electron chi connectivity index (χ1n) is 5.67. The van der Waals surface area contributed by atoms with Crippen LogP contribution in [0.3, 0.4) is 0 Å². The second-order valence-corrected chi connectivity index (χ2v) is 4.53. The van der Waals surface area contributed by atoms with Crippen LogP contribution in [0, 0.1) is 0 Å². The molecule has 0 aliphatic rings. The lowest BCUT2D eigenvalue weighted by molar-refractivity contribution is -0.134. The number of carbonyl (C=O) groups excluding carboxylic acids is 2. The molecule has 0 spiro atoms. The van der Waals surface area contributed by atoms with Gasteiger partial charge in [0.15, 0.2) is 0 Å². The van der Waals surface area contributed by atoms with Crippen LogP contribution in [0.25, 0.3) is 0 Å². The number of nitrogens with one attached hydrogen (secondary N) is 1. The number of hydrogen-bond acceptors (Lipinski definition) is 3. The van der Waals surface area contributed by atoms with Crippen LogP contribution in [-0.4, -0.2) is 55.9 Å². The first-order valence-corrected chi connectivity index (χ1v) is 6.79. The maximum Gasteiger partial charge on any atom is 0.239 e. The molecule has 17 heavy (non-hydrogen) atoms. The van der Waals surface area contributed by atoms with Gasteiger partial charge in [-0.3, -0.25) is 9.59 Å². The largest absolute Gasteiger partial charge is 0.383 e. The number of carbonyl (C=O) groups is 2. The van der Waals surface area contributed by atoms with Gasteiger partial charge >= 0.3 is 0 Å². The van der Waals surface area contributed by atoms with Gasteiger partial charge in [0.2, 0.25) is 11.8 Å². The third kappa shape index (κ3) is 9.12. The minimum atomic E-state index is -0.154. The van der Waals surface area contributed by atoms with Crippen LogP contribution in [0.1, 0.15) is 19.3 Å². The van der Waals surface area contributed by atoms with E-state index >= 15 is 0 Å². The molecule has 0 unspecified atom stereocenters. The second kappa shape index (κ2) is 10.5. The Morgan fingerprint density at radius 1 is 1.35 bits per heavy atom. The number of alkyl halides is 1. The Balaban J connectivity index is 3.71. The van der Waals surface area contributed by atoms with Crippen molar-refractivity contribution in [3.63, 3.8) is 0 Å². The fourth-order valence-corrected chi connectivity index (χ4v) is 1.61. The zero-order chi connectivity index (χ0) is 13.1. The number of halogens is 1. The summed E-state index contributed by atoms with van der Waals surface area (Å²) in [6.45, 7) is 1.06. The van der Waals surface area contributed by atoms with Gasteiger partial charge < -0.3 is 15.0 Å². The Bertz CT molecular complexity index is 237. The predicted octanol–water partition coefficient (Wildman–Crippen LogP) is 0.773. The molecule has 0 aromatic rings. The number of unbranched alkanes of at least 4 members (excludes halogenated alkanes) is 1. The van der Waals surface area contributed by atoms with E-state index in [4.69, 9.17) is 4.74 Å². The predicted molar refractivity (Wildman–Crippen MR) is 70.2 cm³/mol. The first kappa shape index (κ1) is 16.4. The third-order valence-corrected chi connectivity index (χ3v) is 2.77. The zero-order valence-corrected chi connectivity index (χ0v) is 12.1. The minimum Gasteiger partial charge on any atom is -0.383 e. The van der Waals surface area contributed by atoms with E-state index in [2.05, 4.69) is 21.2 Å². The number of likely N-dealkylation sites (N-methyl/N-ethyl adjacent to an activating group) is 1. The SMILES string of the molecule is COCCNC(=O)CN(C)C(=O)CCCCBr. The highest BCUT2D eigenvalue weighted by atomic mass is 79.9. The molecule has 6 heteroatoms. The Kier molecular flexibility index (Phi) is 10.1. The standard InChI is InChI=1S/C11H21BrN2O3/c1-14(11(16)5-3-4-6-12)9-10(15)13-7-8-17-2/h3-9H2,1-2H3,(H,13,15). The molecule has 0 atom stereocenters. The van der Waals surface area contributed by atoms with Crippen molar-refractivity contribution in [2.24, 2.45) is 0 Å². The highest BCUT2D eigenvalue weighted by Gasteiger charge is 2.11. The number of rotatable bonds is 9. The number of hydrogen-bond donors (Lipinski definition) is 1. The summed E-state index contributed by atoms with van der Waals surface area (Å²) in [7, 11) is 3.22. The molecule has 1 N–H and O–H groups in total. The molecule has 0 saturated carbocycles. The summed E-state index contributed by atoms with van der Waals surface area (Å²) in [5.74, 6) is -0.147. The van der Waals surface area contributed by atoms with Crippen LogP contribution in [0.4, 0.5) is 0 Å². The summed E-state index contributed by atoms with van der Waals surface area (Å²) in [5, 5.41) is 3.58. The maximum absolute atomic E-state index is 11.6. The Hall–Kier alpha value is -0.620. The molecule has 0 aromatic heterocycles. The van der Waals surface area contributed by atoms with E-state index in [0.29, 0.717) is 19.6 Å². The molecule has 100 valence electrons. The molecule has 0 aliphatic carbocycles. The molecule has 0 radical (unpaired) electrons. The first-order chi connectivity index (χ1) is 8.11. The van der Waals surface area contributed by atoms with Crippen molar-refractivity contribution in [2.45, 2.75) is 19.3 Å². The second-order valence-electron chi connectivity index (χ2n) is 3.74. The number of ether oxygens (including phenoxy) is 1. The summed E-state index contributed by atoms with van der Waals surface area (Å²) in [5.41, 5.74) is 0. The lowest BCUT2D eigenvalue weighted by Crippen LogP contribution is -2.39. The van der Waals surface area contributed by atoms with Crippen LogP contribution >= 0.6 is 15.9 Å². The quantitative estimate of drug-likeness (QED) is 0.506. The van der Waals surface area contributed by atoms with Crippen molar-refractivity contribution in [1.29, 1.82) is 0 Å². The van der Waals surface area contributed by atoms with Crippen molar-refractivity contribution < 1.29 is 14.3 Å². The van der Waals surface area contributed by atoms with Crippen molar-refractivity contribution >= 4 is 27.7 Å². The fourth-order valence-electron chi connectivity index (χ4n) is 1.21. The van der Waals surface area contributed by atoms with Crippen molar-refractivity contribution in [3.8, 4) is 0 Å². The average molecular weight is 309 g/mol. The minimum absolute atomic E-state index is 0.00726. The van der Waals surface area contributed by atoms with Crippen LogP contribution in [-0.2, 0) is 14.3 Å². The lowest BCUT2D eigenvalue weighted by atomic mass is 10.2. The van der Waals surface area contributed by atoms with Crippen molar-refractivity contribution in [3.05, 3.63) is 0 Å². The van der Waals surface area contributed by atoms with Crippen LogP contribution in [0.5, 0.6) is 0 Å². The maximum atomic E-state index is 11.6. The molecule has 2 amide bonds. The Morgan fingerprint density at radius 3 is 2.65 bits per heavy atom. The molecular weight excluding hydrogens is 288 g/mol. The van der Waals surface area contributed by atoms with Gasteiger partial charge in [-0.15, -0.1) is 0 Å². The van der Waals surface area contributed by atoms with Crippen molar-refractivity contribution in [1.82, 2.24) is 10.2 Å². The molecule has 0 rings (SSSR count). The lowest BCUT2D eigenvalue weighted by Gasteiger charge is -2.16. The van der Waals surface area contributed by atoms with Gasteiger partial charge in [-0.25, -0.2) is 0 Å². The fraction of sp³-hybridized carbons (Fsp3) is 0.818. The normalized spacial score (nSPS) is 10.1. The Labute approximate surface area is 111 Å². The average Bonchev–Trinajstić information content (AvgIpc) is 2.29. The molecule has 0 saturated heterocycles.